The van der Waals surface area contributed by atoms with E-state index in [1.54, 1.807) is 22.8 Å². The Morgan fingerprint density at radius 1 is 1.04 bits per heavy atom. The molecule has 0 aliphatic carbocycles. The number of aryl methyl sites for hydroxylation is 1. The fourth-order valence-electron chi connectivity index (χ4n) is 3.37. The average molecular weight is 361 g/mol. The molecule has 2 aromatic carbocycles. The molecule has 0 amide bonds. The summed E-state index contributed by atoms with van der Waals surface area (Å²) in [6.07, 6.45) is 1.77. The Bertz CT molecular complexity index is 1120. The van der Waals surface area contributed by atoms with Gasteiger partial charge in [0.05, 0.1) is 10.9 Å². The zero-order valence-electron chi connectivity index (χ0n) is 15.2. The standard InChI is InChI=1S/C22H20FN3O/c1-25-11-3-6-21-24-20-15-17(8-7-16-4-2-5-18(23)14-16)9-10-19(20)22(27)26(21)13-12-25/h2,4-5,9-10,14-15H,3,6,11-13H2,1H3. The van der Waals surface area contributed by atoms with Crippen LogP contribution in [0.4, 0.5) is 4.39 Å². The highest BCUT2D eigenvalue weighted by molar-refractivity contribution is 5.79. The van der Waals surface area contributed by atoms with Gasteiger partial charge in [0.1, 0.15) is 11.6 Å². The minimum absolute atomic E-state index is 0.00920. The van der Waals surface area contributed by atoms with E-state index in [4.69, 9.17) is 4.98 Å². The Kier molecular flexibility index (Phi) is 4.74. The Morgan fingerprint density at radius 2 is 1.85 bits per heavy atom. The van der Waals surface area contributed by atoms with Crippen molar-refractivity contribution in [1.82, 2.24) is 14.5 Å². The lowest BCUT2D eigenvalue weighted by atomic mass is 10.1. The van der Waals surface area contributed by atoms with E-state index in [0.717, 1.165) is 37.3 Å². The number of likely N-dealkylation sites (N-methyl/N-ethyl adjacent to an activating group) is 1. The Hall–Kier alpha value is -2.97. The molecule has 3 aromatic rings. The van der Waals surface area contributed by atoms with E-state index in [0.29, 0.717) is 23.0 Å². The van der Waals surface area contributed by atoms with Crippen LogP contribution in [0.2, 0.25) is 0 Å². The number of hydrogen-bond acceptors (Lipinski definition) is 3. The first-order chi connectivity index (χ1) is 13.1. The summed E-state index contributed by atoms with van der Waals surface area (Å²) in [6, 6.07) is 11.6. The van der Waals surface area contributed by atoms with Gasteiger partial charge in [-0.05, 0) is 56.4 Å². The van der Waals surface area contributed by atoms with Crippen LogP contribution in [0.1, 0.15) is 23.4 Å². The summed E-state index contributed by atoms with van der Waals surface area (Å²) in [5.74, 6) is 6.53. The summed E-state index contributed by atoms with van der Waals surface area (Å²) in [5.41, 5.74) is 2.06. The van der Waals surface area contributed by atoms with Crippen LogP contribution in [-0.2, 0) is 13.0 Å². The van der Waals surface area contributed by atoms with Crippen molar-refractivity contribution in [3.05, 3.63) is 75.6 Å². The molecule has 1 aliphatic rings. The SMILES string of the molecule is CN1CCCc2nc3cc(C#Cc4cccc(F)c4)ccc3c(=O)n2CC1. The second kappa shape index (κ2) is 7.34. The lowest BCUT2D eigenvalue weighted by Gasteiger charge is -2.22. The van der Waals surface area contributed by atoms with Gasteiger partial charge < -0.3 is 4.90 Å². The molecule has 1 aliphatic heterocycles. The maximum atomic E-state index is 13.3. The maximum Gasteiger partial charge on any atom is 0.261 e. The van der Waals surface area contributed by atoms with Crippen LogP contribution in [0.3, 0.4) is 0 Å². The molecule has 0 atom stereocenters. The highest BCUT2D eigenvalue weighted by atomic mass is 19.1. The molecule has 0 fully saturated rings. The number of fused-ring (bicyclic) bond motifs is 2. The second-order valence-electron chi connectivity index (χ2n) is 6.88. The zero-order valence-corrected chi connectivity index (χ0v) is 15.2. The molecular weight excluding hydrogens is 341 g/mol. The third kappa shape index (κ3) is 3.76. The van der Waals surface area contributed by atoms with Gasteiger partial charge >= 0.3 is 0 Å². The first-order valence-electron chi connectivity index (χ1n) is 9.10. The van der Waals surface area contributed by atoms with Gasteiger partial charge in [0.2, 0.25) is 0 Å². The van der Waals surface area contributed by atoms with E-state index in [1.165, 1.54) is 12.1 Å². The number of aromatic nitrogens is 2. The van der Waals surface area contributed by atoms with Crippen molar-refractivity contribution in [3.63, 3.8) is 0 Å². The average Bonchev–Trinajstić information content (AvgIpc) is 2.64. The van der Waals surface area contributed by atoms with Crippen molar-refractivity contribution < 1.29 is 4.39 Å². The van der Waals surface area contributed by atoms with Gasteiger partial charge in [-0.2, -0.15) is 0 Å². The van der Waals surface area contributed by atoms with Gasteiger partial charge in [-0.25, -0.2) is 9.37 Å². The van der Waals surface area contributed by atoms with Crippen LogP contribution in [0, 0.1) is 17.7 Å². The molecule has 0 saturated carbocycles. The van der Waals surface area contributed by atoms with Crippen molar-refractivity contribution in [3.8, 4) is 11.8 Å². The predicted molar refractivity (Wildman–Crippen MR) is 104 cm³/mol. The lowest BCUT2D eigenvalue weighted by molar-refractivity contribution is 0.295. The van der Waals surface area contributed by atoms with Gasteiger partial charge in [0, 0.05) is 30.6 Å². The molecule has 0 bridgehead atoms. The first kappa shape index (κ1) is 17.4. The minimum atomic E-state index is -0.306. The summed E-state index contributed by atoms with van der Waals surface area (Å²) >= 11 is 0. The smallest absolute Gasteiger partial charge is 0.261 e. The predicted octanol–water partition coefficient (Wildman–Crippen LogP) is 2.81. The van der Waals surface area contributed by atoms with Gasteiger partial charge in [-0.3, -0.25) is 9.36 Å². The number of hydrogen-bond donors (Lipinski definition) is 0. The first-order valence-corrected chi connectivity index (χ1v) is 9.10. The van der Waals surface area contributed by atoms with Crippen molar-refractivity contribution in [2.75, 3.05) is 20.1 Å². The summed E-state index contributed by atoms with van der Waals surface area (Å²) < 4.78 is 15.1. The number of nitrogens with zero attached hydrogens (tertiary/aromatic N) is 3. The molecule has 4 nitrogen and oxygen atoms in total. The highest BCUT2D eigenvalue weighted by Crippen LogP contribution is 2.14. The maximum absolute atomic E-state index is 13.3. The molecule has 0 N–H and O–H groups in total. The second-order valence-corrected chi connectivity index (χ2v) is 6.88. The summed E-state index contributed by atoms with van der Waals surface area (Å²) in [5, 5.41) is 0.610. The monoisotopic (exact) mass is 361 g/mol. The van der Waals surface area contributed by atoms with Gasteiger partial charge in [0.25, 0.3) is 5.56 Å². The molecule has 1 aromatic heterocycles. The third-order valence-electron chi connectivity index (χ3n) is 4.86. The number of benzene rings is 2. The lowest BCUT2D eigenvalue weighted by Crippen LogP contribution is -2.34. The van der Waals surface area contributed by atoms with Crippen LogP contribution in [-0.4, -0.2) is 34.6 Å². The molecule has 136 valence electrons. The van der Waals surface area contributed by atoms with Crippen LogP contribution in [0.5, 0.6) is 0 Å². The van der Waals surface area contributed by atoms with E-state index in [-0.39, 0.29) is 11.4 Å². The Morgan fingerprint density at radius 3 is 2.67 bits per heavy atom. The van der Waals surface area contributed by atoms with Gasteiger partial charge in [-0.1, -0.05) is 17.9 Å². The molecule has 5 heteroatoms. The molecule has 0 unspecified atom stereocenters. The minimum Gasteiger partial charge on any atom is -0.305 e. The quantitative estimate of drug-likeness (QED) is 0.578. The topological polar surface area (TPSA) is 38.1 Å². The van der Waals surface area contributed by atoms with Crippen LogP contribution >= 0.6 is 0 Å². The zero-order chi connectivity index (χ0) is 18.8. The fourth-order valence-corrected chi connectivity index (χ4v) is 3.37. The third-order valence-corrected chi connectivity index (χ3v) is 4.86. The molecule has 2 heterocycles. The number of rotatable bonds is 0. The van der Waals surface area contributed by atoms with Gasteiger partial charge in [0.15, 0.2) is 0 Å². The summed E-state index contributed by atoms with van der Waals surface area (Å²) in [6.45, 7) is 2.51. The Labute approximate surface area is 157 Å². The molecule has 4 rings (SSSR count). The van der Waals surface area contributed by atoms with Crippen LogP contribution in [0.25, 0.3) is 10.9 Å². The molecular formula is C22H20FN3O. The molecule has 0 radical (unpaired) electrons. The fraction of sp³-hybridized carbons (Fsp3) is 0.273. The van der Waals surface area contributed by atoms with Crippen molar-refractivity contribution in [1.29, 1.82) is 0 Å². The molecule has 0 saturated heterocycles. The summed E-state index contributed by atoms with van der Waals surface area (Å²) in [4.78, 5) is 19.9. The van der Waals surface area contributed by atoms with E-state index in [9.17, 15) is 9.18 Å². The van der Waals surface area contributed by atoms with Crippen molar-refractivity contribution >= 4 is 10.9 Å². The highest BCUT2D eigenvalue weighted by Gasteiger charge is 2.14. The van der Waals surface area contributed by atoms with Crippen LogP contribution < -0.4 is 5.56 Å². The normalized spacial score (nSPS) is 14.7. The van der Waals surface area contributed by atoms with Crippen molar-refractivity contribution in [2.45, 2.75) is 19.4 Å². The van der Waals surface area contributed by atoms with E-state index in [1.807, 2.05) is 12.1 Å². The van der Waals surface area contributed by atoms with Crippen LogP contribution in [0.15, 0.2) is 47.3 Å². The largest absolute Gasteiger partial charge is 0.305 e. The van der Waals surface area contributed by atoms with E-state index < -0.39 is 0 Å². The van der Waals surface area contributed by atoms with E-state index in [2.05, 4.69) is 23.8 Å². The van der Waals surface area contributed by atoms with Gasteiger partial charge in [-0.15, -0.1) is 0 Å². The van der Waals surface area contributed by atoms with E-state index >= 15 is 0 Å². The molecule has 0 spiro atoms. The molecule has 27 heavy (non-hydrogen) atoms. The number of halogens is 1. The summed E-state index contributed by atoms with van der Waals surface area (Å²) in [7, 11) is 2.08. The Balaban J connectivity index is 1.74. The van der Waals surface area contributed by atoms with Crippen molar-refractivity contribution in [2.24, 2.45) is 0 Å².